The highest BCUT2D eigenvalue weighted by Gasteiger charge is 2.33. The van der Waals surface area contributed by atoms with Gasteiger partial charge in [-0.05, 0) is 49.0 Å². The van der Waals surface area contributed by atoms with Crippen molar-refractivity contribution in [3.8, 4) is 11.5 Å². The number of hydrogen-bond donors (Lipinski definition) is 1. The Bertz CT molecular complexity index is 931. The van der Waals surface area contributed by atoms with E-state index < -0.39 is 6.10 Å². The van der Waals surface area contributed by atoms with Crippen molar-refractivity contribution in [2.45, 2.75) is 13.0 Å². The number of fused-ring (bicyclic) bond motifs is 1. The number of thiocarbonyl (C=S) groups is 1. The van der Waals surface area contributed by atoms with Crippen LogP contribution in [-0.2, 0) is 4.79 Å². The van der Waals surface area contributed by atoms with Crippen molar-refractivity contribution in [3.63, 3.8) is 0 Å². The van der Waals surface area contributed by atoms with E-state index in [9.17, 15) is 4.79 Å². The summed E-state index contributed by atoms with van der Waals surface area (Å²) in [5.74, 6) is 1.23. The lowest BCUT2D eigenvalue weighted by Gasteiger charge is -2.38. The molecule has 0 radical (unpaired) electrons. The molecule has 2 aromatic rings. The highest BCUT2D eigenvalue weighted by Crippen LogP contribution is 2.31. The molecular formula is C21H22ClN3O3S. The number of para-hydroxylation sites is 2. The van der Waals surface area contributed by atoms with Crippen LogP contribution in [0.1, 0.15) is 5.56 Å². The molecule has 1 atom stereocenters. The molecule has 0 saturated carbocycles. The van der Waals surface area contributed by atoms with Crippen LogP contribution in [0.3, 0.4) is 0 Å². The minimum Gasteiger partial charge on any atom is -0.485 e. The van der Waals surface area contributed by atoms with Gasteiger partial charge in [0, 0.05) is 36.9 Å². The summed E-state index contributed by atoms with van der Waals surface area (Å²) in [5, 5.41) is 4.60. The lowest BCUT2D eigenvalue weighted by atomic mass is 10.2. The van der Waals surface area contributed by atoms with E-state index in [2.05, 4.69) is 10.2 Å². The second-order valence-corrected chi connectivity index (χ2v) is 7.81. The fourth-order valence-corrected chi connectivity index (χ4v) is 3.88. The number of amides is 1. The Hall–Kier alpha value is -2.51. The summed E-state index contributed by atoms with van der Waals surface area (Å²) < 4.78 is 11.5. The van der Waals surface area contributed by atoms with E-state index >= 15 is 0 Å². The molecule has 2 aliphatic heterocycles. The normalized spacial score (nSPS) is 18.3. The number of anilines is 1. The first-order valence-corrected chi connectivity index (χ1v) is 10.3. The number of nitrogens with zero attached hydrogens (tertiary/aromatic N) is 2. The second-order valence-electron chi connectivity index (χ2n) is 7.02. The van der Waals surface area contributed by atoms with Gasteiger partial charge in [-0.15, -0.1) is 0 Å². The van der Waals surface area contributed by atoms with Crippen LogP contribution >= 0.6 is 23.8 Å². The van der Waals surface area contributed by atoms with Gasteiger partial charge in [-0.1, -0.05) is 29.8 Å². The first-order valence-electron chi connectivity index (χ1n) is 9.51. The van der Waals surface area contributed by atoms with E-state index in [0.717, 1.165) is 11.3 Å². The van der Waals surface area contributed by atoms with E-state index in [4.69, 9.17) is 33.3 Å². The summed E-state index contributed by atoms with van der Waals surface area (Å²) >= 11 is 11.7. The molecule has 0 spiro atoms. The van der Waals surface area contributed by atoms with E-state index in [1.807, 2.05) is 54.3 Å². The molecule has 152 valence electrons. The van der Waals surface area contributed by atoms with Gasteiger partial charge >= 0.3 is 0 Å². The van der Waals surface area contributed by atoms with Crippen LogP contribution in [0.5, 0.6) is 11.5 Å². The van der Waals surface area contributed by atoms with E-state index in [0.29, 0.717) is 47.8 Å². The number of hydrogen-bond acceptors (Lipinski definition) is 4. The number of rotatable bonds is 2. The smallest absolute Gasteiger partial charge is 0.267 e. The van der Waals surface area contributed by atoms with Gasteiger partial charge in [0.25, 0.3) is 5.91 Å². The monoisotopic (exact) mass is 431 g/mol. The van der Waals surface area contributed by atoms with Crippen molar-refractivity contribution in [1.82, 2.24) is 9.80 Å². The van der Waals surface area contributed by atoms with Gasteiger partial charge in [-0.25, -0.2) is 0 Å². The number of ether oxygens (including phenoxy) is 2. The first kappa shape index (κ1) is 19.8. The van der Waals surface area contributed by atoms with Crippen molar-refractivity contribution in [3.05, 3.63) is 53.1 Å². The van der Waals surface area contributed by atoms with Crippen LogP contribution in [0.2, 0.25) is 5.02 Å². The highest BCUT2D eigenvalue weighted by atomic mass is 35.5. The Morgan fingerprint density at radius 3 is 2.52 bits per heavy atom. The number of piperazine rings is 1. The third-order valence-electron chi connectivity index (χ3n) is 5.17. The zero-order valence-electron chi connectivity index (χ0n) is 16.1. The molecule has 1 unspecified atom stereocenters. The lowest BCUT2D eigenvalue weighted by Crippen LogP contribution is -2.55. The van der Waals surface area contributed by atoms with Gasteiger partial charge in [-0.3, -0.25) is 4.79 Å². The van der Waals surface area contributed by atoms with Gasteiger partial charge in [0.15, 0.2) is 16.6 Å². The third kappa shape index (κ3) is 4.26. The largest absolute Gasteiger partial charge is 0.485 e. The fourth-order valence-electron chi connectivity index (χ4n) is 3.41. The number of carbonyl (C=O) groups excluding carboxylic acids is 1. The SMILES string of the molecule is Cc1c(Cl)cccc1NC(=S)N1CCN(C(=O)C2COc3ccccc3O2)CC1. The predicted octanol–water partition coefficient (Wildman–Crippen LogP) is 3.33. The van der Waals surface area contributed by atoms with Crippen LogP contribution in [-0.4, -0.2) is 59.7 Å². The van der Waals surface area contributed by atoms with Crippen molar-refractivity contribution >= 4 is 40.5 Å². The van der Waals surface area contributed by atoms with Crippen molar-refractivity contribution in [2.24, 2.45) is 0 Å². The molecule has 1 saturated heterocycles. The van der Waals surface area contributed by atoms with Crippen LogP contribution in [0.15, 0.2) is 42.5 Å². The Labute approximate surface area is 180 Å². The minimum absolute atomic E-state index is 0.0521. The highest BCUT2D eigenvalue weighted by molar-refractivity contribution is 7.80. The van der Waals surface area contributed by atoms with Crippen LogP contribution in [0.4, 0.5) is 5.69 Å². The standard InChI is InChI=1S/C21H22ClN3O3S/c1-14-15(22)5-4-6-16(14)23-21(29)25-11-9-24(10-12-25)20(26)19-13-27-17-7-2-3-8-18(17)28-19/h2-8,19H,9-13H2,1H3,(H,23,29). The molecule has 1 fully saturated rings. The zero-order chi connectivity index (χ0) is 20.4. The first-order chi connectivity index (χ1) is 14.0. The van der Waals surface area contributed by atoms with Crippen molar-refractivity contribution in [1.29, 1.82) is 0 Å². The Morgan fingerprint density at radius 2 is 1.76 bits per heavy atom. The molecule has 2 heterocycles. The molecule has 8 heteroatoms. The molecule has 2 aliphatic rings. The Kier molecular flexibility index (Phi) is 5.78. The van der Waals surface area contributed by atoms with E-state index in [-0.39, 0.29) is 12.5 Å². The summed E-state index contributed by atoms with van der Waals surface area (Å²) in [6, 6.07) is 13.1. The van der Waals surface area contributed by atoms with Crippen molar-refractivity contribution in [2.75, 3.05) is 38.1 Å². The maximum atomic E-state index is 12.9. The minimum atomic E-state index is -0.615. The summed E-state index contributed by atoms with van der Waals surface area (Å²) in [4.78, 5) is 16.7. The maximum Gasteiger partial charge on any atom is 0.267 e. The van der Waals surface area contributed by atoms with Crippen LogP contribution in [0.25, 0.3) is 0 Å². The van der Waals surface area contributed by atoms with Gasteiger partial charge in [0.2, 0.25) is 6.10 Å². The predicted molar refractivity (Wildman–Crippen MR) is 117 cm³/mol. The molecule has 29 heavy (non-hydrogen) atoms. The van der Waals surface area contributed by atoms with Gasteiger partial charge in [0.1, 0.15) is 6.61 Å². The van der Waals surface area contributed by atoms with Gasteiger partial charge in [0.05, 0.1) is 0 Å². The number of benzene rings is 2. The van der Waals surface area contributed by atoms with E-state index in [1.165, 1.54) is 0 Å². The van der Waals surface area contributed by atoms with Gasteiger partial charge < -0.3 is 24.6 Å². The lowest BCUT2D eigenvalue weighted by molar-refractivity contribution is -0.142. The average molecular weight is 432 g/mol. The number of nitrogens with one attached hydrogen (secondary N) is 1. The summed E-state index contributed by atoms with van der Waals surface area (Å²) in [7, 11) is 0. The van der Waals surface area contributed by atoms with Gasteiger partial charge in [-0.2, -0.15) is 0 Å². The van der Waals surface area contributed by atoms with Crippen LogP contribution < -0.4 is 14.8 Å². The summed E-state index contributed by atoms with van der Waals surface area (Å²) in [6.45, 7) is 4.65. The average Bonchev–Trinajstić information content (AvgIpc) is 2.76. The molecule has 6 nitrogen and oxygen atoms in total. The maximum absolute atomic E-state index is 12.9. The van der Waals surface area contributed by atoms with Crippen molar-refractivity contribution < 1.29 is 14.3 Å². The molecule has 0 aliphatic carbocycles. The summed E-state index contributed by atoms with van der Waals surface area (Å²) in [5.41, 5.74) is 1.85. The number of carbonyl (C=O) groups is 1. The number of halogens is 1. The second kappa shape index (κ2) is 8.47. The zero-order valence-corrected chi connectivity index (χ0v) is 17.6. The third-order valence-corrected chi connectivity index (χ3v) is 5.94. The Morgan fingerprint density at radius 1 is 1.07 bits per heavy atom. The quantitative estimate of drug-likeness (QED) is 0.736. The Balaban J connectivity index is 1.32. The molecule has 0 bridgehead atoms. The fraction of sp³-hybridized carbons (Fsp3) is 0.333. The molecular weight excluding hydrogens is 410 g/mol. The topological polar surface area (TPSA) is 54.0 Å². The van der Waals surface area contributed by atoms with E-state index in [1.54, 1.807) is 0 Å². The molecule has 1 amide bonds. The molecule has 4 rings (SSSR count). The summed E-state index contributed by atoms with van der Waals surface area (Å²) in [6.07, 6.45) is -0.615. The molecule has 1 N–H and O–H groups in total. The molecule has 2 aromatic carbocycles. The molecule has 0 aromatic heterocycles. The van der Waals surface area contributed by atoms with Crippen LogP contribution in [0, 0.1) is 6.92 Å².